The number of carbonyl (C=O) groups is 1. The minimum atomic E-state index is -0.380. The summed E-state index contributed by atoms with van der Waals surface area (Å²) in [6.45, 7) is 4.75. The van der Waals surface area contributed by atoms with Crippen LogP contribution >= 0.6 is 12.6 Å². The maximum atomic E-state index is 11.0. The molecule has 0 amide bonds. The first-order chi connectivity index (χ1) is 6.74. The molecular weight excluding hydrogens is 200 g/mol. The van der Waals surface area contributed by atoms with Gasteiger partial charge in [0, 0.05) is 6.42 Å². The predicted octanol–water partition coefficient (Wildman–Crippen LogP) is 2.40. The minimum absolute atomic E-state index is 0.109. The van der Waals surface area contributed by atoms with Gasteiger partial charge in [-0.1, -0.05) is 20.3 Å². The molecule has 84 valence electrons. The smallest absolute Gasteiger partial charge is 0.317 e. The Balaban J connectivity index is 3.77. The predicted molar refractivity (Wildman–Crippen MR) is 59.5 cm³/mol. The SMILES string of the molecule is CCCCC(OCCC)OC(=O)CS. The van der Waals surface area contributed by atoms with Crippen LogP contribution in [0.1, 0.15) is 39.5 Å². The first-order valence-corrected chi connectivity index (χ1v) is 5.79. The summed E-state index contributed by atoms with van der Waals surface area (Å²) < 4.78 is 10.5. The lowest BCUT2D eigenvalue weighted by atomic mass is 10.2. The van der Waals surface area contributed by atoms with Crippen molar-refractivity contribution in [1.82, 2.24) is 0 Å². The van der Waals surface area contributed by atoms with Crippen LogP contribution in [-0.2, 0) is 14.3 Å². The highest BCUT2D eigenvalue weighted by Crippen LogP contribution is 2.07. The van der Waals surface area contributed by atoms with E-state index < -0.39 is 0 Å². The molecule has 0 N–H and O–H groups in total. The molecule has 0 aromatic heterocycles. The third-order valence-corrected chi connectivity index (χ3v) is 1.95. The Hall–Kier alpha value is -0.220. The lowest BCUT2D eigenvalue weighted by Crippen LogP contribution is -2.22. The second-order valence-corrected chi connectivity index (χ2v) is 3.41. The second kappa shape index (κ2) is 9.34. The number of ether oxygens (including phenoxy) is 2. The third-order valence-electron chi connectivity index (χ3n) is 1.69. The van der Waals surface area contributed by atoms with Gasteiger partial charge in [-0.05, 0) is 12.8 Å². The van der Waals surface area contributed by atoms with Crippen LogP contribution in [0.2, 0.25) is 0 Å². The fourth-order valence-corrected chi connectivity index (χ4v) is 1.05. The molecule has 0 aliphatic heterocycles. The topological polar surface area (TPSA) is 35.5 Å². The number of hydrogen-bond donors (Lipinski definition) is 1. The first-order valence-electron chi connectivity index (χ1n) is 5.16. The van der Waals surface area contributed by atoms with E-state index >= 15 is 0 Å². The molecule has 0 aromatic rings. The average molecular weight is 220 g/mol. The number of thiol groups is 1. The maximum absolute atomic E-state index is 11.0. The summed E-state index contributed by atoms with van der Waals surface area (Å²) in [5.41, 5.74) is 0. The number of rotatable bonds is 8. The van der Waals surface area contributed by atoms with Gasteiger partial charge in [0.05, 0.1) is 12.4 Å². The van der Waals surface area contributed by atoms with Gasteiger partial charge in [0.1, 0.15) is 0 Å². The highest BCUT2D eigenvalue weighted by atomic mass is 32.1. The average Bonchev–Trinajstić information content (AvgIpc) is 2.21. The van der Waals surface area contributed by atoms with Crippen LogP contribution in [0.5, 0.6) is 0 Å². The molecule has 0 fully saturated rings. The number of hydrogen-bond acceptors (Lipinski definition) is 4. The van der Waals surface area contributed by atoms with Crippen LogP contribution in [0.15, 0.2) is 0 Å². The van der Waals surface area contributed by atoms with Gasteiger partial charge in [0.15, 0.2) is 0 Å². The lowest BCUT2D eigenvalue weighted by Gasteiger charge is -2.17. The Bertz CT molecular complexity index is 142. The molecular formula is C10H20O3S. The monoisotopic (exact) mass is 220 g/mol. The van der Waals surface area contributed by atoms with Crippen molar-refractivity contribution in [3.8, 4) is 0 Å². The summed E-state index contributed by atoms with van der Waals surface area (Å²) in [5.74, 6) is -0.205. The van der Waals surface area contributed by atoms with E-state index in [1.54, 1.807) is 0 Å². The Morgan fingerprint density at radius 1 is 1.36 bits per heavy atom. The quantitative estimate of drug-likeness (QED) is 0.387. The van der Waals surface area contributed by atoms with Crippen LogP contribution in [-0.4, -0.2) is 24.6 Å². The van der Waals surface area contributed by atoms with Gasteiger partial charge in [-0.3, -0.25) is 4.79 Å². The summed E-state index contributed by atoms with van der Waals surface area (Å²) in [6.07, 6.45) is 3.41. The van der Waals surface area contributed by atoms with Crippen molar-refractivity contribution in [3.63, 3.8) is 0 Å². The van der Waals surface area contributed by atoms with Gasteiger partial charge in [-0.15, -0.1) is 0 Å². The lowest BCUT2D eigenvalue weighted by molar-refractivity contribution is -0.177. The molecule has 0 rings (SSSR count). The summed E-state index contributed by atoms with van der Waals surface area (Å²) in [4.78, 5) is 11.0. The first kappa shape index (κ1) is 13.8. The number of unbranched alkanes of at least 4 members (excludes halogenated alkanes) is 1. The summed E-state index contributed by atoms with van der Waals surface area (Å²) in [6, 6.07) is 0. The van der Waals surface area contributed by atoms with E-state index in [1.165, 1.54) is 0 Å². The molecule has 0 aliphatic rings. The molecule has 3 nitrogen and oxygen atoms in total. The van der Waals surface area contributed by atoms with Crippen molar-refractivity contribution in [1.29, 1.82) is 0 Å². The molecule has 0 aliphatic carbocycles. The highest BCUT2D eigenvalue weighted by molar-refractivity contribution is 7.81. The van der Waals surface area contributed by atoms with Gasteiger partial charge in [0.2, 0.25) is 6.29 Å². The molecule has 1 atom stereocenters. The van der Waals surface area contributed by atoms with Gasteiger partial charge in [0.25, 0.3) is 0 Å². The fourth-order valence-electron chi connectivity index (χ4n) is 0.980. The van der Waals surface area contributed by atoms with E-state index in [0.717, 1.165) is 25.7 Å². The zero-order valence-corrected chi connectivity index (χ0v) is 9.89. The third kappa shape index (κ3) is 7.21. The normalized spacial score (nSPS) is 12.5. The van der Waals surface area contributed by atoms with Crippen molar-refractivity contribution >= 4 is 18.6 Å². The van der Waals surface area contributed by atoms with Crippen LogP contribution in [0.3, 0.4) is 0 Å². The van der Waals surface area contributed by atoms with Gasteiger partial charge in [-0.2, -0.15) is 12.6 Å². The largest absolute Gasteiger partial charge is 0.435 e. The Morgan fingerprint density at radius 2 is 2.07 bits per heavy atom. The molecule has 4 heteroatoms. The maximum Gasteiger partial charge on any atom is 0.317 e. The van der Waals surface area contributed by atoms with Crippen molar-refractivity contribution in [2.45, 2.75) is 45.8 Å². The Labute approximate surface area is 91.6 Å². The second-order valence-electron chi connectivity index (χ2n) is 3.09. The van der Waals surface area contributed by atoms with Crippen LogP contribution in [0, 0.1) is 0 Å². The van der Waals surface area contributed by atoms with E-state index in [4.69, 9.17) is 9.47 Å². The minimum Gasteiger partial charge on any atom is -0.435 e. The molecule has 14 heavy (non-hydrogen) atoms. The molecule has 0 bridgehead atoms. The van der Waals surface area contributed by atoms with Gasteiger partial charge < -0.3 is 9.47 Å². The van der Waals surface area contributed by atoms with Gasteiger partial charge >= 0.3 is 5.97 Å². The van der Waals surface area contributed by atoms with E-state index in [2.05, 4.69) is 19.6 Å². The molecule has 0 saturated heterocycles. The molecule has 0 heterocycles. The molecule has 0 aromatic carbocycles. The zero-order valence-electron chi connectivity index (χ0n) is 8.99. The van der Waals surface area contributed by atoms with E-state index in [1.807, 2.05) is 6.92 Å². The van der Waals surface area contributed by atoms with Crippen molar-refractivity contribution < 1.29 is 14.3 Å². The molecule has 0 spiro atoms. The number of esters is 1. The van der Waals surface area contributed by atoms with E-state index in [0.29, 0.717) is 6.61 Å². The summed E-state index contributed by atoms with van der Waals surface area (Å²) in [5, 5.41) is 0. The van der Waals surface area contributed by atoms with Crippen molar-refractivity contribution in [3.05, 3.63) is 0 Å². The molecule has 0 radical (unpaired) electrons. The molecule has 0 saturated carbocycles. The number of carbonyl (C=O) groups excluding carboxylic acids is 1. The summed E-state index contributed by atoms with van der Waals surface area (Å²) in [7, 11) is 0. The van der Waals surface area contributed by atoms with Crippen molar-refractivity contribution in [2.24, 2.45) is 0 Å². The van der Waals surface area contributed by atoms with Crippen LogP contribution in [0.25, 0.3) is 0 Å². The highest BCUT2D eigenvalue weighted by Gasteiger charge is 2.12. The zero-order chi connectivity index (χ0) is 10.8. The standard InChI is InChI=1S/C10H20O3S/c1-3-5-6-10(12-7-4-2)13-9(11)8-14/h10,14H,3-8H2,1-2H3. The Kier molecular flexibility index (Phi) is 9.19. The van der Waals surface area contributed by atoms with E-state index in [-0.39, 0.29) is 18.0 Å². The Morgan fingerprint density at radius 3 is 2.57 bits per heavy atom. The van der Waals surface area contributed by atoms with Crippen LogP contribution < -0.4 is 0 Å². The fraction of sp³-hybridized carbons (Fsp3) is 0.900. The molecule has 1 unspecified atom stereocenters. The van der Waals surface area contributed by atoms with Crippen molar-refractivity contribution in [2.75, 3.05) is 12.4 Å². The van der Waals surface area contributed by atoms with Crippen LogP contribution in [0.4, 0.5) is 0 Å². The summed E-state index contributed by atoms with van der Waals surface area (Å²) >= 11 is 3.84. The van der Waals surface area contributed by atoms with Gasteiger partial charge in [-0.25, -0.2) is 0 Å². The van der Waals surface area contributed by atoms with E-state index in [9.17, 15) is 4.79 Å².